The minimum Gasteiger partial charge on any atom is -0.267 e. The molecule has 32 heavy (non-hydrogen) atoms. The molecule has 0 atom stereocenters. The minimum absolute atomic E-state index is 0.0143. The van der Waals surface area contributed by atoms with E-state index in [1.807, 2.05) is 0 Å². The Bertz CT molecular complexity index is 1450. The van der Waals surface area contributed by atoms with Gasteiger partial charge in [0.15, 0.2) is 9.84 Å². The molecule has 0 saturated heterocycles. The van der Waals surface area contributed by atoms with Crippen LogP contribution in [0.25, 0.3) is 16.8 Å². The third-order valence-electron chi connectivity index (χ3n) is 4.99. The van der Waals surface area contributed by atoms with Crippen molar-refractivity contribution in [2.24, 2.45) is 0 Å². The second-order valence-electron chi connectivity index (χ2n) is 7.33. The predicted molar refractivity (Wildman–Crippen MR) is 118 cm³/mol. The van der Waals surface area contributed by atoms with Gasteiger partial charge in [0.2, 0.25) is 0 Å². The summed E-state index contributed by atoms with van der Waals surface area (Å²) in [6.45, 7) is 0. The first-order chi connectivity index (χ1) is 15.2. The van der Waals surface area contributed by atoms with Crippen molar-refractivity contribution in [3.63, 3.8) is 0 Å². The summed E-state index contributed by atoms with van der Waals surface area (Å²) in [6, 6.07) is 17.2. The van der Waals surface area contributed by atoms with E-state index in [9.17, 15) is 22.0 Å². The van der Waals surface area contributed by atoms with Crippen molar-refractivity contribution >= 4 is 9.84 Å². The van der Waals surface area contributed by atoms with Crippen LogP contribution in [0.15, 0.2) is 88.7 Å². The van der Waals surface area contributed by atoms with Crippen molar-refractivity contribution in [2.45, 2.75) is 11.3 Å². The molecule has 162 valence electrons. The Morgan fingerprint density at radius 2 is 1.53 bits per heavy atom. The molecule has 0 saturated carbocycles. The molecule has 0 aliphatic heterocycles. The molecule has 0 bridgehead atoms. The largest absolute Gasteiger partial charge is 0.271 e. The molecule has 1 aromatic heterocycles. The molecule has 8 heteroatoms. The van der Waals surface area contributed by atoms with Crippen molar-refractivity contribution in [1.82, 2.24) is 9.78 Å². The van der Waals surface area contributed by atoms with E-state index in [1.54, 1.807) is 18.2 Å². The molecule has 0 radical (unpaired) electrons. The third-order valence-corrected chi connectivity index (χ3v) is 6.12. The number of hydrogen-bond donors (Lipinski definition) is 0. The molecule has 4 rings (SSSR count). The van der Waals surface area contributed by atoms with Gasteiger partial charge in [-0.05, 0) is 65.6 Å². The molecule has 4 aromatic rings. The number of rotatable bonds is 5. The van der Waals surface area contributed by atoms with Crippen LogP contribution in [0.2, 0.25) is 0 Å². The average molecular weight is 452 g/mol. The number of aromatic nitrogens is 2. The lowest BCUT2D eigenvalue weighted by molar-refractivity contribution is 0.602. The van der Waals surface area contributed by atoms with E-state index >= 15 is 0 Å². The van der Waals surface area contributed by atoms with Gasteiger partial charge in [-0.2, -0.15) is 9.78 Å². The van der Waals surface area contributed by atoms with Crippen molar-refractivity contribution in [3.8, 4) is 16.8 Å². The Hall–Kier alpha value is -3.65. The molecule has 0 amide bonds. The molecule has 0 unspecified atom stereocenters. The smallest absolute Gasteiger partial charge is 0.267 e. The van der Waals surface area contributed by atoms with Gasteiger partial charge in [-0.25, -0.2) is 17.2 Å². The highest BCUT2D eigenvalue weighted by molar-refractivity contribution is 7.90. The molecule has 0 spiro atoms. The van der Waals surface area contributed by atoms with E-state index in [-0.39, 0.29) is 17.1 Å². The summed E-state index contributed by atoms with van der Waals surface area (Å²) in [5.41, 5.74) is 2.11. The van der Waals surface area contributed by atoms with Crippen LogP contribution in [0.1, 0.15) is 11.1 Å². The fourth-order valence-electron chi connectivity index (χ4n) is 3.48. The standard InChI is InChI=1S/C24H18F2N2O3S/c1-32(30,31)23-15-22(28-24(29)3-2-12-27-28)18(13-16-4-8-19(25)9-5-16)14-21(23)17-6-10-20(26)11-7-17/h2-12,14-15H,13H2,1H3. The zero-order chi connectivity index (χ0) is 22.9. The van der Waals surface area contributed by atoms with Crippen LogP contribution in [-0.4, -0.2) is 24.5 Å². The van der Waals surface area contributed by atoms with E-state index in [0.717, 1.165) is 16.5 Å². The van der Waals surface area contributed by atoms with Crippen LogP contribution < -0.4 is 5.56 Å². The topological polar surface area (TPSA) is 69.0 Å². The van der Waals surface area contributed by atoms with Gasteiger partial charge in [-0.1, -0.05) is 24.3 Å². The Balaban J connectivity index is 2.01. The summed E-state index contributed by atoms with van der Waals surface area (Å²) >= 11 is 0. The Morgan fingerprint density at radius 3 is 2.12 bits per heavy atom. The average Bonchev–Trinajstić information content (AvgIpc) is 2.75. The molecule has 0 aliphatic rings. The SMILES string of the molecule is CS(=O)(=O)c1cc(-n2ncccc2=O)c(Cc2ccc(F)cc2)cc1-c1ccc(F)cc1. The van der Waals surface area contributed by atoms with Gasteiger partial charge in [0.1, 0.15) is 11.6 Å². The Kier molecular flexibility index (Phi) is 5.71. The van der Waals surface area contributed by atoms with Gasteiger partial charge < -0.3 is 0 Å². The lowest BCUT2D eigenvalue weighted by Crippen LogP contribution is -2.21. The van der Waals surface area contributed by atoms with E-state index in [1.165, 1.54) is 60.8 Å². The molecule has 5 nitrogen and oxygen atoms in total. The zero-order valence-corrected chi connectivity index (χ0v) is 17.8. The fraction of sp³-hybridized carbons (Fsp3) is 0.0833. The first-order valence-corrected chi connectivity index (χ1v) is 11.5. The molecule has 0 fully saturated rings. The monoisotopic (exact) mass is 452 g/mol. The zero-order valence-electron chi connectivity index (χ0n) is 17.0. The van der Waals surface area contributed by atoms with Crippen LogP contribution in [0.5, 0.6) is 0 Å². The van der Waals surface area contributed by atoms with Crippen LogP contribution in [0.4, 0.5) is 8.78 Å². The summed E-state index contributed by atoms with van der Waals surface area (Å²) in [4.78, 5) is 12.5. The second kappa shape index (κ2) is 8.47. The number of sulfone groups is 1. The van der Waals surface area contributed by atoms with Crippen LogP contribution >= 0.6 is 0 Å². The summed E-state index contributed by atoms with van der Waals surface area (Å²) in [7, 11) is -3.72. The number of nitrogens with zero attached hydrogens (tertiary/aromatic N) is 2. The van der Waals surface area contributed by atoms with E-state index < -0.39 is 21.2 Å². The molecule has 3 aromatic carbocycles. The Labute approximate surface area is 183 Å². The second-order valence-corrected chi connectivity index (χ2v) is 9.32. The molecular weight excluding hydrogens is 434 g/mol. The van der Waals surface area contributed by atoms with Gasteiger partial charge in [-0.3, -0.25) is 4.79 Å². The normalized spacial score (nSPS) is 11.5. The van der Waals surface area contributed by atoms with Gasteiger partial charge in [0, 0.05) is 24.1 Å². The maximum atomic E-state index is 13.5. The van der Waals surface area contributed by atoms with E-state index in [0.29, 0.717) is 22.4 Å². The van der Waals surface area contributed by atoms with Crippen LogP contribution in [-0.2, 0) is 16.3 Å². The van der Waals surface area contributed by atoms with Crippen molar-refractivity contribution < 1.29 is 17.2 Å². The van der Waals surface area contributed by atoms with Crippen molar-refractivity contribution in [2.75, 3.05) is 6.26 Å². The molecular formula is C24H18F2N2O3S. The molecule has 0 aliphatic carbocycles. The van der Waals surface area contributed by atoms with Gasteiger partial charge in [0.05, 0.1) is 10.6 Å². The van der Waals surface area contributed by atoms with Crippen molar-refractivity contribution in [1.29, 1.82) is 0 Å². The third kappa shape index (κ3) is 4.50. The van der Waals surface area contributed by atoms with Gasteiger partial charge in [0.25, 0.3) is 5.56 Å². The van der Waals surface area contributed by atoms with E-state index in [2.05, 4.69) is 5.10 Å². The van der Waals surface area contributed by atoms with Gasteiger partial charge >= 0.3 is 0 Å². The van der Waals surface area contributed by atoms with Gasteiger partial charge in [-0.15, -0.1) is 0 Å². The fourth-order valence-corrected chi connectivity index (χ4v) is 4.38. The van der Waals surface area contributed by atoms with E-state index in [4.69, 9.17) is 0 Å². The number of hydrogen-bond acceptors (Lipinski definition) is 4. The highest BCUT2D eigenvalue weighted by Crippen LogP contribution is 2.33. The maximum Gasteiger partial charge on any atom is 0.271 e. The molecule has 1 heterocycles. The lowest BCUT2D eigenvalue weighted by Gasteiger charge is -2.17. The first kappa shape index (κ1) is 21.6. The predicted octanol–water partition coefficient (Wildman–Crippen LogP) is 4.17. The Morgan fingerprint density at radius 1 is 0.906 bits per heavy atom. The minimum atomic E-state index is -3.72. The summed E-state index contributed by atoms with van der Waals surface area (Å²) in [5, 5.41) is 4.10. The molecule has 0 N–H and O–H groups in total. The maximum absolute atomic E-state index is 13.5. The first-order valence-electron chi connectivity index (χ1n) is 9.64. The summed E-state index contributed by atoms with van der Waals surface area (Å²) in [5.74, 6) is -0.827. The highest BCUT2D eigenvalue weighted by Gasteiger charge is 2.20. The number of benzene rings is 3. The quantitative estimate of drug-likeness (QED) is 0.456. The lowest BCUT2D eigenvalue weighted by atomic mass is 9.97. The van der Waals surface area contributed by atoms with Crippen LogP contribution in [0, 0.1) is 11.6 Å². The highest BCUT2D eigenvalue weighted by atomic mass is 32.2. The van der Waals surface area contributed by atoms with Crippen molar-refractivity contribution in [3.05, 3.63) is 112 Å². The summed E-state index contributed by atoms with van der Waals surface area (Å²) < 4.78 is 53.3. The number of halogens is 2. The van der Waals surface area contributed by atoms with Crippen LogP contribution in [0.3, 0.4) is 0 Å². The summed E-state index contributed by atoms with van der Waals surface area (Å²) in [6.07, 6.45) is 2.79.